The van der Waals surface area contributed by atoms with Gasteiger partial charge in [0.05, 0.1) is 23.2 Å². The molecule has 0 fully saturated rings. The van der Waals surface area contributed by atoms with E-state index in [-0.39, 0.29) is 17.0 Å². The molecular weight excluding hydrogens is 400 g/mol. The van der Waals surface area contributed by atoms with Crippen molar-refractivity contribution >= 4 is 39.2 Å². The number of oxazole rings is 1. The highest BCUT2D eigenvalue weighted by Gasteiger charge is 2.19. The summed E-state index contributed by atoms with van der Waals surface area (Å²) in [5.41, 5.74) is 2.06. The molecule has 0 atom stereocenters. The molecule has 146 valence electrons. The Morgan fingerprint density at radius 3 is 2.90 bits per heavy atom. The van der Waals surface area contributed by atoms with E-state index < -0.39 is 16.6 Å². The van der Waals surface area contributed by atoms with E-state index in [0.717, 1.165) is 6.07 Å². The number of H-pyrrole nitrogens is 1. The summed E-state index contributed by atoms with van der Waals surface area (Å²) in [5.74, 6) is -1.02. The largest absolute Gasteiger partial charge is 0.490 e. The summed E-state index contributed by atoms with van der Waals surface area (Å²) in [5, 5.41) is 15.8. The fourth-order valence-corrected chi connectivity index (χ4v) is 3.43. The monoisotopic (exact) mass is 412 g/mol. The van der Waals surface area contributed by atoms with Gasteiger partial charge in [-0.2, -0.15) is 0 Å². The van der Waals surface area contributed by atoms with E-state index in [1.165, 1.54) is 30.6 Å². The third-order valence-electron chi connectivity index (χ3n) is 4.08. The number of methoxy groups -OCH3 is 1. The van der Waals surface area contributed by atoms with E-state index in [1.807, 2.05) is 0 Å². The number of nitro benzene ring substituents is 1. The van der Waals surface area contributed by atoms with Gasteiger partial charge < -0.3 is 9.15 Å². The van der Waals surface area contributed by atoms with Crippen molar-refractivity contribution in [3.8, 4) is 17.0 Å². The average Bonchev–Trinajstić information content (AvgIpc) is 3.32. The number of hydrogen-bond acceptors (Lipinski definition) is 8. The first-order valence-corrected chi connectivity index (χ1v) is 9.05. The molecule has 0 aliphatic heterocycles. The van der Waals surface area contributed by atoms with Crippen LogP contribution in [-0.2, 0) is 0 Å². The van der Waals surface area contributed by atoms with Gasteiger partial charge in [-0.15, -0.1) is 11.3 Å². The van der Waals surface area contributed by atoms with Crippen LogP contribution in [0.25, 0.3) is 22.4 Å². The highest BCUT2D eigenvalue weighted by atomic mass is 32.1. The molecule has 1 amide bonds. The maximum Gasteiger partial charge on any atom is 0.417 e. The number of carbonyl (C=O) groups excluding carboxylic acids is 1. The molecule has 0 radical (unpaired) electrons. The van der Waals surface area contributed by atoms with E-state index in [0.29, 0.717) is 27.5 Å². The number of carbonyl (C=O) groups is 1. The zero-order valence-electron chi connectivity index (χ0n) is 14.8. The predicted octanol–water partition coefficient (Wildman–Crippen LogP) is 3.41. The summed E-state index contributed by atoms with van der Waals surface area (Å²) in [6, 6.07) is 9.06. The molecule has 0 aliphatic carbocycles. The first-order chi connectivity index (χ1) is 13.9. The molecule has 0 bridgehead atoms. The number of nitro groups is 1. The molecule has 2 aromatic heterocycles. The van der Waals surface area contributed by atoms with Gasteiger partial charge in [0, 0.05) is 22.6 Å². The van der Waals surface area contributed by atoms with Gasteiger partial charge in [-0.1, -0.05) is 6.07 Å². The van der Waals surface area contributed by atoms with Crippen molar-refractivity contribution < 1.29 is 18.9 Å². The topological polar surface area (TPSA) is 140 Å². The molecule has 0 unspecified atom stereocenters. The molecule has 2 heterocycles. The third kappa shape index (κ3) is 3.58. The first-order valence-electron chi connectivity index (χ1n) is 8.17. The smallest absolute Gasteiger partial charge is 0.417 e. The van der Waals surface area contributed by atoms with Crippen LogP contribution >= 0.6 is 11.3 Å². The molecule has 29 heavy (non-hydrogen) atoms. The highest BCUT2D eigenvalue weighted by molar-refractivity contribution is 7.14. The predicted molar refractivity (Wildman–Crippen MR) is 106 cm³/mol. The van der Waals surface area contributed by atoms with Crippen LogP contribution in [0.15, 0.2) is 51.0 Å². The highest BCUT2D eigenvalue weighted by Crippen LogP contribution is 2.29. The second-order valence-electron chi connectivity index (χ2n) is 5.86. The molecule has 2 N–H and O–H groups in total. The van der Waals surface area contributed by atoms with Gasteiger partial charge in [-0.25, -0.2) is 9.78 Å². The minimum atomic E-state index is -0.618. The standard InChI is InChI=1S/C18H12N4O6S/c1-27-14-5-3-10(6-13(14)22(25)26)16(23)21-17-19-12(8-29-17)9-2-4-11-15(7-9)28-18(24)20-11/h2-8H,1H3,(H,20,24)(H,19,21,23). The van der Waals surface area contributed by atoms with Gasteiger partial charge in [0.15, 0.2) is 16.5 Å². The number of aromatic amines is 1. The molecule has 4 aromatic rings. The van der Waals surface area contributed by atoms with Crippen LogP contribution in [0.4, 0.5) is 10.8 Å². The van der Waals surface area contributed by atoms with Crippen LogP contribution in [0.2, 0.25) is 0 Å². The van der Waals surface area contributed by atoms with Gasteiger partial charge in [0.25, 0.3) is 5.91 Å². The van der Waals surface area contributed by atoms with E-state index in [2.05, 4.69) is 15.3 Å². The van der Waals surface area contributed by atoms with E-state index in [1.54, 1.807) is 23.6 Å². The molecule has 0 saturated carbocycles. The maximum atomic E-state index is 12.5. The lowest BCUT2D eigenvalue weighted by Gasteiger charge is -2.05. The van der Waals surface area contributed by atoms with Gasteiger partial charge in [0.1, 0.15) is 0 Å². The number of amides is 1. The van der Waals surface area contributed by atoms with Crippen molar-refractivity contribution in [1.29, 1.82) is 0 Å². The van der Waals surface area contributed by atoms with E-state index >= 15 is 0 Å². The second-order valence-corrected chi connectivity index (χ2v) is 6.72. The number of benzene rings is 2. The van der Waals surface area contributed by atoms with Gasteiger partial charge in [-0.05, 0) is 24.3 Å². The number of fused-ring (bicyclic) bond motifs is 1. The van der Waals surface area contributed by atoms with Crippen LogP contribution in [0.5, 0.6) is 5.75 Å². The summed E-state index contributed by atoms with van der Waals surface area (Å²) in [6.07, 6.45) is 0. The Hall–Kier alpha value is -3.99. The summed E-state index contributed by atoms with van der Waals surface area (Å²) in [7, 11) is 1.31. The maximum absolute atomic E-state index is 12.5. The Kier molecular flexibility index (Phi) is 4.56. The van der Waals surface area contributed by atoms with Gasteiger partial charge in [0.2, 0.25) is 0 Å². The van der Waals surface area contributed by atoms with E-state index in [9.17, 15) is 19.7 Å². The Balaban J connectivity index is 1.57. The van der Waals surface area contributed by atoms with Crippen molar-refractivity contribution in [3.05, 3.63) is 68.0 Å². The molecular formula is C18H12N4O6S. The Labute approximate surface area is 165 Å². The van der Waals surface area contributed by atoms with Gasteiger partial charge >= 0.3 is 11.4 Å². The minimum absolute atomic E-state index is 0.0647. The number of hydrogen-bond donors (Lipinski definition) is 2. The number of anilines is 1. The van der Waals surface area contributed by atoms with Crippen molar-refractivity contribution in [2.45, 2.75) is 0 Å². The van der Waals surface area contributed by atoms with Crippen molar-refractivity contribution in [2.75, 3.05) is 12.4 Å². The fraction of sp³-hybridized carbons (Fsp3) is 0.0556. The van der Waals surface area contributed by atoms with Crippen LogP contribution in [0.1, 0.15) is 10.4 Å². The number of aromatic nitrogens is 2. The number of nitrogens with one attached hydrogen (secondary N) is 2. The Morgan fingerprint density at radius 2 is 2.14 bits per heavy atom. The van der Waals surface area contributed by atoms with Crippen LogP contribution in [0, 0.1) is 10.1 Å². The summed E-state index contributed by atoms with van der Waals surface area (Å²) >= 11 is 1.19. The Morgan fingerprint density at radius 1 is 1.31 bits per heavy atom. The number of nitrogens with zero attached hydrogens (tertiary/aromatic N) is 2. The number of rotatable bonds is 5. The molecule has 2 aromatic carbocycles. The molecule has 0 saturated heterocycles. The minimum Gasteiger partial charge on any atom is -0.490 e. The SMILES string of the molecule is COc1ccc(C(=O)Nc2nc(-c3ccc4[nH]c(=O)oc4c3)cs2)cc1[N+](=O)[O-]. The zero-order chi connectivity index (χ0) is 20.5. The lowest BCUT2D eigenvalue weighted by Crippen LogP contribution is -2.12. The van der Waals surface area contributed by atoms with Crippen molar-refractivity contribution in [3.63, 3.8) is 0 Å². The van der Waals surface area contributed by atoms with Crippen LogP contribution in [0.3, 0.4) is 0 Å². The molecule has 10 nitrogen and oxygen atoms in total. The number of ether oxygens (including phenoxy) is 1. The lowest BCUT2D eigenvalue weighted by atomic mass is 10.1. The molecule has 0 aliphatic rings. The third-order valence-corrected chi connectivity index (χ3v) is 4.84. The van der Waals surface area contributed by atoms with Crippen LogP contribution < -0.4 is 15.8 Å². The summed E-state index contributed by atoms with van der Waals surface area (Å²) in [6.45, 7) is 0. The first kappa shape index (κ1) is 18.4. The van der Waals surface area contributed by atoms with Gasteiger partial charge in [-0.3, -0.25) is 25.2 Å². The van der Waals surface area contributed by atoms with E-state index in [4.69, 9.17) is 9.15 Å². The quantitative estimate of drug-likeness (QED) is 0.378. The molecule has 0 spiro atoms. The molecule has 11 heteroatoms. The summed E-state index contributed by atoms with van der Waals surface area (Å²) in [4.78, 5) is 41.1. The molecule has 4 rings (SSSR count). The average molecular weight is 412 g/mol. The Bertz CT molecular complexity index is 1310. The number of thiazole rings is 1. The zero-order valence-corrected chi connectivity index (χ0v) is 15.6. The lowest BCUT2D eigenvalue weighted by molar-refractivity contribution is -0.385. The van der Waals surface area contributed by atoms with Crippen molar-refractivity contribution in [1.82, 2.24) is 9.97 Å². The second kappa shape index (κ2) is 7.20. The fourth-order valence-electron chi connectivity index (χ4n) is 2.71. The normalized spacial score (nSPS) is 10.8. The van der Waals surface area contributed by atoms with Crippen molar-refractivity contribution in [2.24, 2.45) is 0 Å². The summed E-state index contributed by atoms with van der Waals surface area (Å²) < 4.78 is 9.97. The van der Waals surface area contributed by atoms with Crippen LogP contribution in [-0.4, -0.2) is 27.9 Å².